The van der Waals surface area contributed by atoms with Crippen LogP contribution in [0.25, 0.3) is 0 Å². The van der Waals surface area contributed by atoms with E-state index < -0.39 is 0 Å². The van der Waals surface area contributed by atoms with Crippen LogP contribution in [0.1, 0.15) is 64.0 Å². The first kappa shape index (κ1) is 21.9. The Bertz CT molecular complexity index is 538. The lowest BCUT2D eigenvalue weighted by molar-refractivity contribution is -0.126. The molecule has 1 amide bonds. The number of morpholine rings is 1. The number of carbonyl (C=O) groups is 1. The lowest BCUT2D eigenvalue weighted by Gasteiger charge is -2.26. The third kappa shape index (κ3) is 8.02. The van der Waals surface area contributed by atoms with Crippen LogP contribution in [0.2, 0.25) is 0 Å². The van der Waals surface area contributed by atoms with Gasteiger partial charge in [-0.1, -0.05) is 64.3 Å². The van der Waals surface area contributed by atoms with Gasteiger partial charge in [-0.15, -0.1) is 0 Å². The molecule has 1 N–H and O–H groups in total. The van der Waals surface area contributed by atoms with E-state index in [1.807, 2.05) is 0 Å². The molecular formula is C23H38N2O2. The molecule has 2 atom stereocenters. The van der Waals surface area contributed by atoms with Gasteiger partial charge in [-0.25, -0.2) is 0 Å². The van der Waals surface area contributed by atoms with Crippen LogP contribution < -0.4 is 5.32 Å². The topological polar surface area (TPSA) is 41.6 Å². The maximum Gasteiger partial charge on any atom is 0.223 e. The highest BCUT2D eigenvalue weighted by atomic mass is 16.5. The Hall–Kier alpha value is -1.39. The summed E-state index contributed by atoms with van der Waals surface area (Å²) in [7, 11) is 0. The average Bonchev–Trinajstić information content (AvgIpc) is 2.69. The molecule has 1 heterocycles. The molecular weight excluding hydrogens is 336 g/mol. The Balaban J connectivity index is 0.000000817. The van der Waals surface area contributed by atoms with Crippen LogP contribution in [0, 0.1) is 11.8 Å². The monoisotopic (exact) mass is 374 g/mol. The number of hydrogen-bond acceptors (Lipinski definition) is 3. The highest BCUT2D eigenvalue weighted by molar-refractivity contribution is 5.78. The van der Waals surface area contributed by atoms with Crippen molar-refractivity contribution in [2.75, 3.05) is 26.3 Å². The van der Waals surface area contributed by atoms with E-state index in [1.54, 1.807) is 0 Å². The number of carbonyl (C=O) groups excluding carboxylic acids is 1. The SMILES string of the molecule is CC1CCCC(C(=O)NCc2ccc(CN3CCOCC3)cc2)C1.CCC. The Morgan fingerprint density at radius 1 is 1.11 bits per heavy atom. The van der Waals surface area contributed by atoms with Crippen molar-refractivity contribution in [1.29, 1.82) is 0 Å². The number of benzene rings is 1. The fourth-order valence-electron chi connectivity index (χ4n) is 3.79. The van der Waals surface area contributed by atoms with Gasteiger partial charge >= 0.3 is 0 Å². The molecule has 1 aromatic rings. The number of amides is 1. The second kappa shape index (κ2) is 12.1. The number of nitrogens with zero attached hydrogens (tertiary/aromatic N) is 1. The summed E-state index contributed by atoms with van der Waals surface area (Å²) >= 11 is 0. The first-order chi connectivity index (χ1) is 13.1. The van der Waals surface area contributed by atoms with Gasteiger partial charge in [0.05, 0.1) is 13.2 Å². The fourth-order valence-corrected chi connectivity index (χ4v) is 3.79. The van der Waals surface area contributed by atoms with Crippen molar-refractivity contribution in [1.82, 2.24) is 10.2 Å². The molecule has 27 heavy (non-hydrogen) atoms. The van der Waals surface area contributed by atoms with Crippen LogP contribution in [0.5, 0.6) is 0 Å². The molecule has 4 nitrogen and oxygen atoms in total. The molecule has 1 aliphatic heterocycles. The summed E-state index contributed by atoms with van der Waals surface area (Å²) in [4.78, 5) is 14.7. The molecule has 152 valence electrons. The van der Waals surface area contributed by atoms with Crippen LogP contribution in [0.15, 0.2) is 24.3 Å². The maximum absolute atomic E-state index is 12.3. The van der Waals surface area contributed by atoms with Crippen LogP contribution in [0.4, 0.5) is 0 Å². The first-order valence-corrected chi connectivity index (χ1v) is 10.8. The second-order valence-corrected chi connectivity index (χ2v) is 8.10. The van der Waals surface area contributed by atoms with Gasteiger partial charge in [0, 0.05) is 32.1 Å². The molecule has 0 aromatic heterocycles. The molecule has 4 heteroatoms. The standard InChI is InChI=1S/C20H30N2O2.C3H8/c1-16-3-2-4-19(13-16)20(23)21-14-17-5-7-18(8-6-17)15-22-9-11-24-12-10-22;1-3-2/h5-8,16,19H,2-4,9-15H2,1H3,(H,21,23);3H2,1-2H3. The Kier molecular flexibility index (Phi) is 9.85. The molecule has 0 bridgehead atoms. The summed E-state index contributed by atoms with van der Waals surface area (Å²) in [5.41, 5.74) is 2.51. The van der Waals surface area contributed by atoms with Crippen molar-refractivity contribution >= 4 is 5.91 Å². The third-order valence-electron chi connectivity index (χ3n) is 5.31. The maximum atomic E-state index is 12.3. The van der Waals surface area contributed by atoms with E-state index in [9.17, 15) is 4.79 Å². The number of hydrogen-bond donors (Lipinski definition) is 1. The van der Waals surface area contributed by atoms with E-state index in [4.69, 9.17) is 4.74 Å². The summed E-state index contributed by atoms with van der Waals surface area (Å²) in [5.74, 6) is 1.14. The van der Waals surface area contributed by atoms with E-state index in [2.05, 4.69) is 55.3 Å². The highest BCUT2D eigenvalue weighted by Gasteiger charge is 2.24. The molecule has 2 fully saturated rings. The van der Waals surface area contributed by atoms with Gasteiger partial charge in [0.1, 0.15) is 0 Å². The van der Waals surface area contributed by atoms with Gasteiger partial charge in [-0.3, -0.25) is 9.69 Å². The van der Waals surface area contributed by atoms with Gasteiger partial charge < -0.3 is 10.1 Å². The van der Waals surface area contributed by atoms with Crippen LogP contribution in [-0.2, 0) is 22.6 Å². The van der Waals surface area contributed by atoms with Crippen LogP contribution >= 0.6 is 0 Å². The Morgan fingerprint density at radius 3 is 2.37 bits per heavy atom. The Labute approximate surface area is 165 Å². The molecule has 2 unspecified atom stereocenters. The minimum Gasteiger partial charge on any atom is -0.379 e. The van der Waals surface area contributed by atoms with Crippen molar-refractivity contribution in [2.24, 2.45) is 11.8 Å². The van der Waals surface area contributed by atoms with E-state index in [1.165, 1.54) is 30.4 Å². The van der Waals surface area contributed by atoms with Gasteiger partial charge in [0.25, 0.3) is 0 Å². The van der Waals surface area contributed by atoms with E-state index in [0.29, 0.717) is 12.5 Å². The van der Waals surface area contributed by atoms with Crippen molar-refractivity contribution in [3.05, 3.63) is 35.4 Å². The zero-order valence-corrected chi connectivity index (χ0v) is 17.5. The number of rotatable bonds is 5. The second-order valence-electron chi connectivity index (χ2n) is 8.10. The fraction of sp³-hybridized carbons (Fsp3) is 0.696. The van der Waals surface area contributed by atoms with Crippen molar-refractivity contribution in [3.8, 4) is 0 Å². The predicted octanol–water partition coefficient (Wildman–Crippen LogP) is 4.38. The summed E-state index contributed by atoms with van der Waals surface area (Å²) < 4.78 is 5.39. The normalized spacial score (nSPS) is 23.2. The van der Waals surface area contributed by atoms with E-state index in [0.717, 1.165) is 45.7 Å². The van der Waals surface area contributed by atoms with Crippen LogP contribution in [-0.4, -0.2) is 37.1 Å². The minimum atomic E-state index is 0.217. The molecule has 0 spiro atoms. The lowest BCUT2D eigenvalue weighted by Crippen LogP contribution is -2.35. The molecule has 1 saturated heterocycles. The van der Waals surface area contributed by atoms with Gasteiger partial charge in [-0.2, -0.15) is 0 Å². The van der Waals surface area contributed by atoms with E-state index in [-0.39, 0.29) is 11.8 Å². The summed E-state index contributed by atoms with van der Waals surface area (Å²) in [5, 5.41) is 3.12. The Morgan fingerprint density at radius 2 is 1.74 bits per heavy atom. The van der Waals surface area contributed by atoms with Crippen molar-refractivity contribution in [3.63, 3.8) is 0 Å². The zero-order valence-electron chi connectivity index (χ0n) is 17.5. The van der Waals surface area contributed by atoms with Crippen LogP contribution in [0.3, 0.4) is 0 Å². The number of nitrogens with one attached hydrogen (secondary N) is 1. The largest absolute Gasteiger partial charge is 0.379 e. The first-order valence-electron chi connectivity index (χ1n) is 10.8. The summed E-state index contributed by atoms with van der Waals surface area (Å²) in [6, 6.07) is 8.64. The van der Waals surface area contributed by atoms with Crippen molar-refractivity contribution < 1.29 is 9.53 Å². The molecule has 1 aromatic carbocycles. The smallest absolute Gasteiger partial charge is 0.223 e. The van der Waals surface area contributed by atoms with Gasteiger partial charge in [0.15, 0.2) is 0 Å². The molecule has 1 aliphatic carbocycles. The van der Waals surface area contributed by atoms with Crippen molar-refractivity contribution in [2.45, 2.75) is 66.0 Å². The van der Waals surface area contributed by atoms with Gasteiger partial charge in [-0.05, 0) is 29.9 Å². The predicted molar refractivity (Wildman–Crippen MR) is 111 cm³/mol. The zero-order chi connectivity index (χ0) is 19.5. The minimum absolute atomic E-state index is 0.217. The summed E-state index contributed by atoms with van der Waals surface area (Å²) in [6.07, 6.45) is 5.81. The highest BCUT2D eigenvalue weighted by Crippen LogP contribution is 2.28. The molecule has 1 saturated carbocycles. The molecule has 2 aliphatic rings. The molecule has 3 rings (SSSR count). The lowest BCUT2D eigenvalue weighted by atomic mass is 9.82. The quantitative estimate of drug-likeness (QED) is 0.832. The summed E-state index contributed by atoms with van der Waals surface area (Å²) in [6.45, 7) is 11.8. The van der Waals surface area contributed by atoms with Gasteiger partial charge in [0.2, 0.25) is 5.91 Å². The van der Waals surface area contributed by atoms with E-state index >= 15 is 0 Å². The number of ether oxygens (including phenoxy) is 1. The third-order valence-corrected chi connectivity index (χ3v) is 5.31. The average molecular weight is 375 g/mol. The molecule has 0 radical (unpaired) electrons.